The van der Waals surface area contributed by atoms with Crippen molar-refractivity contribution in [2.45, 2.75) is 19.9 Å². The topological polar surface area (TPSA) is 80.6 Å². The van der Waals surface area contributed by atoms with E-state index in [1.54, 1.807) is 37.4 Å². The summed E-state index contributed by atoms with van der Waals surface area (Å²) in [6.45, 7) is 3.76. The lowest BCUT2D eigenvalue weighted by Gasteiger charge is -2.16. The van der Waals surface area contributed by atoms with Gasteiger partial charge in [0.2, 0.25) is 0 Å². The van der Waals surface area contributed by atoms with E-state index in [2.05, 4.69) is 26.6 Å². The highest BCUT2D eigenvalue weighted by atomic mass is 79.9. The lowest BCUT2D eigenvalue weighted by Crippen LogP contribution is -2.27. The molecule has 3 rings (SSSR count). The molecule has 0 aliphatic carbocycles. The minimum Gasteiger partial charge on any atom is -0.496 e. The minimum absolute atomic E-state index is 0.206. The number of hydrogen-bond donors (Lipinski definition) is 2. The second kappa shape index (κ2) is 8.96. The molecule has 2 N–H and O–H groups in total. The molecule has 150 valence electrons. The number of rotatable bonds is 6. The Labute approximate surface area is 177 Å². The molecule has 0 saturated carbocycles. The fraction of sp³-hybridized carbons (Fsp3) is 0.182. The van der Waals surface area contributed by atoms with Crippen LogP contribution in [-0.4, -0.2) is 18.9 Å². The van der Waals surface area contributed by atoms with Crippen molar-refractivity contribution in [1.82, 2.24) is 5.32 Å². The normalized spacial score (nSPS) is 11.6. The second-order valence-corrected chi connectivity index (χ2v) is 7.40. The number of aryl methyl sites for hydroxylation is 1. The predicted octanol–water partition coefficient (Wildman–Crippen LogP) is 5.10. The van der Waals surface area contributed by atoms with Gasteiger partial charge < -0.3 is 19.8 Å². The van der Waals surface area contributed by atoms with Gasteiger partial charge in [0.25, 0.3) is 11.8 Å². The molecule has 0 fully saturated rings. The summed E-state index contributed by atoms with van der Waals surface area (Å²) >= 11 is 3.46. The molecule has 29 heavy (non-hydrogen) atoms. The molecule has 6 nitrogen and oxygen atoms in total. The molecule has 0 aliphatic rings. The van der Waals surface area contributed by atoms with E-state index in [0.29, 0.717) is 11.3 Å². The molecule has 3 aromatic rings. The summed E-state index contributed by atoms with van der Waals surface area (Å²) in [6.07, 6.45) is 1.44. The molecule has 1 heterocycles. The van der Waals surface area contributed by atoms with E-state index in [9.17, 15) is 9.59 Å². The van der Waals surface area contributed by atoms with Crippen LogP contribution in [0, 0.1) is 6.92 Å². The number of hydrogen-bond acceptors (Lipinski definition) is 4. The number of amides is 2. The van der Waals surface area contributed by atoms with Crippen molar-refractivity contribution in [3.8, 4) is 5.75 Å². The summed E-state index contributed by atoms with van der Waals surface area (Å²) in [4.78, 5) is 25.0. The van der Waals surface area contributed by atoms with Crippen LogP contribution in [0.5, 0.6) is 5.75 Å². The number of benzene rings is 2. The first-order valence-electron chi connectivity index (χ1n) is 8.99. The summed E-state index contributed by atoms with van der Waals surface area (Å²) in [7, 11) is 1.60. The van der Waals surface area contributed by atoms with Crippen LogP contribution in [-0.2, 0) is 0 Å². The third-order valence-corrected chi connectivity index (χ3v) is 5.14. The van der Waals surface area contributed by atoms with Gasteiger partial charge in [-0.05, 0) is 77.3 Å². The molecule has 1 aromatic heterocycles. The molecule has 1 unspecified atom stereocenters. The zero-order valence-corrected chi connectivity index (χ0v) is 17.9. The highest BCUT2D eigenvalue weighted by Crippen LogP contribution is 2.28. The van der Waals surface area contributed by atoms with Crippen LogP contribution in [0.2, 0.25) is 0 Å². The van der Waals surface area contributed by atoms with E-state index in [-0.39, 0.29) is 23.6 Å². The van der Waals surface area contributed by atoms with Crippen LogP contribution < -0.4 is 15.4 Å². The Morgan fingerprint density at radius 1 is 1.10 bits per heavy atom. The monoisotopic (exact) mass is 456 g/mol. The Balaban J connectivity index is 1.73. The van der Waals surface area contributed by atoms with Crippen LogP contribution in [0.1, 0.15) is 45.0 Å². The summed E-state index contributed by atoms with van der Waals surface area (Å²) in [6, 6.07) is 13.8. The average molecular weight is 457 g/mol. The van der Waals surface area contributed by atoms with E-state index >= 15 is 0 Å². The Bertz CT molecular complexity index is 1030. The molecule has 2 amide bonds. The van der Waals surface area contributed by atoms with Gasteiger partial charge in [-0.3, -0.25) is 9.59 Å². The van der Waals surface area contributed by atoms with Crippen molar-refractivity contribution < 1.29 is 18.7 Å². The van der Waals surface area contributed by atoms with Crippen molar-refractivity contribution >= 4 is 33.4 Å². The third-order valence-electron chi connectivity index (χ3n) is 4.52. The number of nitrogens with one attached hydrogen (secondary N) is 2. The van der Waals surface area contributed by atoms with E-state index in [1.165, 1.54) is 6.26 Å². The van der Waals surface area contributed by atoms with Gasteiger partial charge in [-0.25, -0.2) is 0 Å². The fourth-order valence-corrected chi connectivity index (χ4v) is 3.36. The van der Waals surface area contributed by atoms with E-state index in [4.69, 9.17) is 9.15 Å². The van der Waals surface area contributed by atoms with Gasteiger partial charge in [0.1, 0.15) is 5.75 Å². The molecule has 7 heteroatoms. The minimum atomic E-state index is -0.368. The number of halogens is 1. The molecule has 2 aromatic carbocycles. The molecular formula is C22H21BrN2O4. The molecule has 1 atom stereocenters. The summed E-state index contributed by atoms with van der Waals surface area (Å²) < 4.78 is 11.2. The molecule has 0 spiro atoms. The quantitative estimate of drug-likeness (QED) is 0.540. The molecule has 0 aliphatic heterocycles. The van der Waals surface area contributed by atoms with Gasteiger partial charge in [0.05, 0.1) is 23.9 Å². The van der Waals surface area contributed by atoms with Crippen LogP contribution in [0.25, 0.3) is 0 Å². The first-order valence-corrected chi connectivity index (χ1v) is 9.78. The van der Waals surface area contributed by atoms with Crippen LogP contribution >= 0.6 is 15.9 Å². The van der Waals surface area contributed by atoms with Crippen molar-refractivity contribution in [2.24, 2.45) is 0 Å². The second-order valence-electron chi connectivity index (χ2n) is 6.55. The fourth-order valence-electron chi connectivity index (χ4n) is 2.80. The van der Waals surface area contributed by atoms with Crippen molar-refractivity contribution in [2.75, 3.05) is 12.4 Å². The summed E-state index contributed by atoms with van der Waals surface area (Å²) in [5, 5.41) is 5.75. The standard InChI is InChI=1S/C22H21BrN2O4/c1-13-6-7-16(12-18(13)25-22(27)20-5-4-10-29-20)21(26)24-14(2)15-8-9-19(28-3)17(23)11-15/h4-12,14H,1-3H3,(H,24,26)(H,25,27). The summed E-state index contributed by atoms with van der Waals surface area (Å²) in [5.41, 5.74) is 2.78. The van der Waals surface area contributed by atoms with Crippen LogP contribution in [0.4, 0.5) is 5.69 Å². The van der Waals surface area contributed by atoms with E-state index in [1.807, 2.05) is 32.0 Å². The van der Waals surface area contributed by atoms with Crippen molar-refractivity contribution in [3.05, 3.63) is 81.7 Å². The smallest absolute Gasteiger partial charge is 0.291 e. The lowest BCUT2D eigenvalue weighted by molar-refractivity contribution is 0.0938. The molecule has 0 saturated heterocycles. The highest BCUT2D eigenvalue weighted by Gasteiger charge is 2.16. The number of methoxy groups -OCH3 is 1. The molecular weight excluding hydrogens is 436 g/mol. The van der Waals surface area contributed by atoms with Gasteiger partial charge in [0.15, 0.2) is 5.76 Å². The van der Waals surface area contributed by atoms with Gasteiger partial charge in [-0.15, -0.1) is 0 Å². The van der Waals surface area contributed by atoms with E-state index in [0.717, 1.165) is 21.3 Å². The Morgan fingerprint density at radius 2 is 1.90 bits per heavy atom. The van der Waals surface area contributed by atoms with Gasteiger partial charge in [-0.2, -0.15) is 0 Å². The van der Waals surface area contributed by atoms with E-state index < -0.39 is 0 Å². The number of furan rings is 1. The highest BCUT2D eigenvalue weighted by molar-refractivity contribution is 9.10. The first-order chi connectivity index (χ1) is 13.9. The zero-order chi connectivity index (χ0) is 21.0. The maximum absolute atomic E-state index is 12.7. The third kappa shape index (κ3) is 4.86. The first kappa shape index (κ1) is 20.7. The SMILES string of the molecule is COc1ccc(C(C)NC(=O)c2ccc(C)c(NC(=O)c3ccco3)c2)cc1Br. The van der Waals surface area contributed by atoms with Crippen LogP contribution in [0.3, 0.4) is 0 Å². The number of ether oxygens (including phenoxy) is 1. The number of carbonyl (C=O) groups excluding carboxylic acids is 2. The van der Waals surface area contributed by atoms with Gasteiger partial charge in [0, 0.05) is 11.3 Å². The Kier molecular flexibility index (Phi) is 6.39. The zero-order valence-electron chi connectivity index (χ0n) is 16.3. The summed E-state index contributed by atoms with van der Waals surface area (Å²) in [5.74, 6) is 0.325. The van der Waals surface area contributed by atoms with Crippen molar-refractivity contribution in [3.63, 3.8) is 0 Å². The maximum Gasteiger partial charge on any atom is 0.291 e. The van der Waals surface area contributed by atoms with Crippen LogP contribution in [0.15, 0.2) is 63.7 Å². The molecule has 0 bridgehead atoms. The number of carbonyl (C=O) groups is 2. The Morgan fingerprint density at radius 3 is 2.55 bits per heavy atom. The number of anilines is 1. The predicted molar refractivity (Wildman–Crippen MR) is 114 cm³/mol. The Hall–Kier alpha value is -3.06. The maximum atomic E-state index is 12.7. The lowest BCUT2D eigenvalue weighted by atomic mass is 10.1. The van der Waals surface area contributed by atoms with Gasteiger partial charge >= 0.3 is 0 Å². The van der Waals surface area contributed by atoms with Gasteiger partial charge in [-0.1, -0.05) is 12.1 Å². The molecule has 0 radical (unpaired) electrons. The average Bonchev–Trinajstić information content (AvgIpc) is 3.24. The van der Waals surface area contributed by atoms with Crippen molar-refractivity contribution in [1.29, 1.82) is 0 Å². The largest absolute Gasteiger partial charge is 0.496 e.